The smallest absolute Gasteiger partial charge is 0.223 e. The number of nitrogens with two attached hydrogens (primary N) is 1. The first kappa shape index (κ1) is 13.9. The molecule has 0 radical (unpaired) electrons. The molecule has 2 rings (SSSR count). The molecular formula is C15H28N2O. The summed E-state index contributed by atoms with van der Waals surface area (Å²) in [6.45, 7) is 6.67. The zero-order valence-corrected chi connectivity index (χ0v) is 12.0. The van der Waals surface area contributed by atoms with Gasteiger partial charge in [0.15, 0.2) is 0 Å². The van der Waals surface area contributed by atoms with Gasteiger partial charge in [0.1, 0.15) is 0 Å². The van der Waals surface area contributed by atoms with Crippen molar-refractivity contribution >= 4 is 5.91 Å². The van der Waals surface area contributed by atoms with Crippen molar-refractivity contribution in [1.82, 2.24) is 5.32 Å². The Morgan fingerprint density at radius 1 is 1.06 bits per heavy atom. The molecule has 6 atom stereocenters. The van der Waals surface area contributed by atoms with Crippen molar-refractivity contribution in [3.05, 3.63) is 0 Å². The molecule has 2 aliphatic rings. The van der Waals surface area contributed by atoms with E-state index in [2.05, 4.69) is 26.1 Å². The van der Waals surface area contributed by atoms with Gasteiger partial charge in [-0.1, -0.05) is 20.8 Å². The second-order valence-corrected chi connectivity index (χ2v) is 6.82. The molecule has 0 heterocycles. The van der Waals surface area contributed by atoms with Gasteiger partial charge < -0.3 is 11.1 Å². The van der Waals surface area contributed by atoms with Crippen LogP contribution >= 0.6 is 0 Å². The fraction of sp³-hybridized carbons (Fsp3) is 0.933. The maximum Gasteiger partial charge on any atom is 0.223 e. The number of rotatable bonds is 2. The van der Waals surface area contributed by atoms with Gasteiger partial charge in [-0.25, -0.2) is 0 Å². The zero-order valence-electron chi connectivity index (χ0n) is 12.0. The van der Waals surface area contributed by atoms with Gasteiger partial charge in [-0.05, 0) is 49.9 Å². The Balaban J connectivity index is 1.88. The van der Waals surface area contributed by atoms with Gasteiger partial charge in [-0.2, -0.15) is 0 Å². The van der Waals surface area contributed by atoms with Crippen molar-refractivity contribution in [3.63, 3.8) is 0 Å². The highest BCUT2D eigenvalue weighted by Crippen LogP contribution is 2.33. The Kier molecular flexibility index (Phi) is 4.31. The van der Waals surface area contributed by atoms with E-state index in [0.29, 0.717) is 17.9 Å². The van der Waals surface area contributed by atoms with Gasteiger partial charge in [-0.15, -0.1) is 0 Å². The standard InChI is InChI=1S/C15H28N2O/c1-9-4-5-12(6-9)17-15(18)13-8-14(16)11(3)7-10(13)2/h9-14H,4-8,16H2,1-3H3,(H,17,18). The van der Waals surface area contributed by atoms with Crippen LogP contribution in [0.15, 0.2) is 0 Å². The van der Waals surface area contributed by atoms with Crippen LogP contribution in [0.3, 0.4) is 0 Å². The van der Waals surface area contributed by atoms with Crippen molar-refractivity contribution in [2.24, 2.45) is 29.4 Å². The number of hydrogen-bond donors (Lipinski definition) is 2. The average molecular weight is 252 g/mol. The second kappa shape index (κ2) is 5.60. The minimum Gasteiger partial charge on any atom is -0.353 e. The van der Waals surface area contributed by atoms with E-state index in [1.807, 2.05) is 0 Å². The van der Waals surface area contributed by atoms with E-state index >= 15 is 0 Å². The van der Waals surface area contributed by atoms with Gasteiger partial charge in [0.25, 0.3) is 0 Å². The number of nitrogens with one attached hydrogen (secondary N) is 1. The zero-order chi connectivity index (χ0) is 13.3. The van der Waals surface area contributed by atoms with E-state index in [4.69, 9.17) is 5.73 Å². The van der Waals surface area contributed by atoms with Crippen LogP contribution in [-0.2, 0) is 4.79 Å². The lowest BCUT2D eigenvalue weighted by atomic mass is 9.72. The Hall–Kier alpha value is -0.570. The molecule has 0 spiro atoms. The number of hydrogen-bond acceptors (Lipinski definition) is 2. The maximum absolute atomic E-state index is 12.4. The quantitative estimate of drug-likeness (QED) is 0.792. The lowest BCUT2D eigenvalue weighted by Gasteiger charge is -2.36. The molecule has 0 aromatic carbocycles. The fourth-order valence-electron chi connectivity index (χ4n) is 3.70. The fourth-order valence-corrected chi connectivity index (χ4v) is 3.70. The highest BCUT2D eigenvalue weighted by Gasteiger charge is 2.36. The Labute approximate surface area is 111 Å². The molecule has 3 nitrogen and oxygen atoms in total. The van der Waals surface area contributed by atoms with Crippen LogP contribution in [0.4, 0.5) is 0 Å². The summed E-state index contributed by atoms with van der Waals surface area (Å²) >= 11 is 0. The van der Waals surface area contributed by atoms with Crippen LogP contribution < -0.4 is 11.1 Å². The van der Waals surface area contributed by atoms with Gasteiger partial charge >= 0.3 is 0 Å². The molecule has 18 heavy (non-hydrogen) atoms. The first-order valence-corrected chi connectivity index (χ1v) is 7.53. The minimum atomic E-state index is 0.132. The highest BCUT2D eigenvalue weighted by atomic mass is 16.2. The molecule has 3 heteroatoms. The van der Waals surface area contributed by atoms with E-state index in [-0.39, 0.29) is 17.9 Å². The van der Waals surface area contributed by atoms with Crippen LogP contribution in [0.1, 0.15) is 52.9 Å². The molecule has 0 aromatic heterocycles. The minimum absolute atomic E-state index is 0.132. The maximum atomic E-state index is 12.4. The summed E-state index contributed by atoms with van der Waals surface area (Å²) in [4.78, 5) is 12.4. The molecule has 104 valence electrons. The molecule has 0 aromatic rings. The van der Waals surface area contributed by atoms with Crippen LogP contribution in [-0.4, -0.2) is 18.0 Å². The van der Waals surface area contributed by atoms with Gasteiger partial charge in [0.2, 0.25) is 5.91 Å². The predicted octanol–water partition coefficient (Wildman–Crippen LogP) is 2.30. The Morgan fingerprint density at radius 3 is 2.39 bits per heavy atom. The summed E-state index contributed by atoms with van der Waals surface area (Å²) in [7, 11) is 0. The Bertz CT molecular complexity index is 305. The lowest BCUT2D eigenvalue weighted by molar-refractivity contribution is -0.128. The van der Waals surface area contributed by atoms with Crippen molar-refractivity contribution in [1.29, 1.82) is 0 Å². The molecule has 2 fully saturated rings. The van der Waals surface area contributed by atoms with E-state index in [1.165, 1.54) is 6.42 Å². The van der Waals surface area contributed by atoms with Crippen LogP contribution in [0.2, 0.25) is 0 Å². The SMILES string of the molecule is CC1CCC(NC(=O)C2CC(N)C(C)CC2C)C1. The third kappa shape index (κ3) is 3.05. The molecule has 6 unspecified atom stereocenters. The van der Waals surface area contributed by atoms with E-state index in [0.717, 1.165) is 31.6 Å². The molecule has 0 saturated heterocycles. The van der Waals surface area contributed by atoms with Crippen molar-refractivity contribution < 1.29 is 4.79 Å². The monoisotopic (exact) mass is 252 g/mol. The predicted molar refractivity (Wildman–Crippen MR) is 74.0 cm³/mol. The summed E-state index contributed by atoms with van der Waals surface area (Å²) in [5.74, 6) is 2.17. The number of carbonyl (C=O) groups is 1. The summed E-state index contributed by atoms with van der Waals surface area (Å²) in [6.07, 6.45) is 5.49. The van der Waals surface area contributed by atoms with Gasteiger partial charge in [-0.3, -0.25) is 4.79 Å². The van der Waals surface area contributed by atoms with Crippen molar-refractivity contribution in [2.75, 3.05) is 0 Å². The largest absolute Gasteiger partial charge is 0.353 e. The molecule has 2 aliphatic carbocycles. The summed E-state index contributed by atoms with van der Waals surface area (Å²) < 4.78 is 0. The van der Waals surface area contributed by atoms with Gasteiger partial charge in [0.05, 0.1) is 0 Å². The topological polar surface area (TPSA) is 55.1 Å². The Morgan fingerprint density at radius 2 is 1.78 bits per heavy atom. The second-order valence-electron chi connectivity index (χ2n) is 6.82. The molecule has 0 aliphatic heterocycles. The number of carbonyl (C=O) groups excluding carboxylic acids is 1. The first-order valence-electron chi connectivity index (χ1n) is 7.53. The molecule has 1 amide bonds. The van der Waals surface area contributed by atoms with E-state index in [9.17, 15) is 4.79 Å². The normalized spacial score (nSPS) is 44.9. The third-order valence-electron chi connectivity index (χ3n) is 5.07. The molecule has 0 bridgehead atoms. The molecular weight excluding hydrogens is 224 g/mol. The highest BCUT2D eigenvalue weighted by molar-refractivity contribution is 5.79. The molecule has 3 N–H and O–H groups in total. The average Bonchev–Trinajstić information content (AvgIpc) is 2.69. The lowest BCUT2D eigenvalue weighted by Crippen LogP contribution is -2.47. The summed E-state index contributed by atoms with van der Waals surface area (Å²) in [5, 5.41) is 3.25. The van der Waals surface area contributed by atoms with Crippen LogP contribution in [0.25, 0.3) is 0 Å². The van der Waals surface area contributed by atoms with Crippen molar-refractivity contribution in [3.8, 4) is 0 Å². The van der Waals surface area contributed by atoms with Crippen LogP contribution in [0, 0.1) is 23.7 Å². The number of amides is 1. The van der Waals surface area contributed by atoms with Crippen molar-refractivity contribution in [2.45, 2.75) is 65.0 Å². The third-order valence-corrected chi connectivity index (χ3v) is 5.07. The molecule has 2 saturated carbocycles. The first-order chi connectivity index (χ1) is 8.47. The van der Waals surface area contributed by atoms with Gasteiger partial charge in [0, 0.05) is 18.0 Å². The van der Waals surface area contributed by atoms with Crippen LogP contribution in [0.5, 0.6) is 0 Å². The van der Waals surface area contributed by atoms with E-state index < -0.39 is 0 Å². The van der Waals surface area contributed by atoms with E-state index in [1.54, 1.807) is 0 Å². The summed E-state index contributed by atoms with van der Waals surface area (Å²) in [5.41, 5.74) is 6.12. The summed E-state index contributed by atoms with van der Waals surface area (Å²) in [6, 6.07) is 0.606.